The minimum absolute atomic E-state index is 0.0170. The minimum atomic E-state index is -0.745. The third-order valence-corrected chi connectivity index (χ3v) is 2.41. The van der Waals surface area contributed by atoms with Crippen LogP contribution in [0.3, 0.4) is 0 Å². The van der Waals surface area contributed by atoms with Gasteiger partial charge in [0.15, 0.2) is 0 Å². The van der Waals surface area contributed by atoms with E-state index >= 15 is 0 Å². The third kappa shape index (κ3) is 12.9. The Labute approximate surface area is 108 Å². The van der Waals surface area contributed by atoms with Gasteiger partial charge in [-0.2, -0.15) is 0 Å². The lowest BCUT2D eigenvalue weighted by atomic mass is 10.1. The van der Waals surface area contributed by atoms with Crippen molar-refractivity contribution in [2.75, 3.05) is 33.4 Å². The molecule has 0 saturated heterocycles. The van der Waals surface area contributed by atoms with Crippen LogP contribution in [0.2, 0.25) is 0 Å². The number of ether oxygens (including phenoxy) is 1. The predicted octanol–water partition coefficient (Wildman–Crippen LogP) is 0.374. The second kappa shape index (κ2) is 12.3. The number of carbonyl (C=O) groups excluding carboxylic acids is 1. The standard InChI is InChI=1S/C12H24N2O4/c1-18-9-8-13-10-11(15)14-7-5-3-2-4-6-12(16)17/h13H,2-10H2,1H3,(H,14,15)(H,16,17). The van der Waals surface area contributed by atoms with E-state index in [9.17, 15) is 9.59 Å². The van der Waals surface area contributed by atoms with E-state index in [0.29, 0.717) is 32.7 Å². The summed E-state index contributed by atoms with van der Waals surface area (Å²) >= 11 is 0. The van der Waals surface area contributed by atoms with Gasteiger partial charge in [0.05, 0.1) is 13.2 Å². The average molecular weight is 260 g/mol. The van der Waals surface area contributed by atoms with Crippen LogP contribution in [0, 0.1) is 0 Å². The topological polar surface area (TPSA) is 87.7 Å². The highest BCUT2D eigenvalue weighted by Crippen LogP contribution is 2.01. The zero-order valence-corrected chi connectivity index (χ0v) is 11.0. The van der Waals surface area contributed by atoms with Crippen LogP contribution < -0.4 is 10.6 Å². The molecule has 0 atom stereocenters. The van der Waals surface area contributed by atoms with Crippen LogP contribution in [0.4, 0.5) is 0 Å². The molecule has 0 radical (unpaired) electrons. The fourth-order valence-corrected chi connectivity index (χ4v) is 1.42. The molecular formula is C12H24N2O4. The van der Waals surface area contributed by atoms with Gasteiger partial charge in [0.1, 0.15) is 0 Å². The molecule has 0 unspecified atom stereocenters. The van der Waals surface area contributed by atoms with Gasteiger partial charge < -0.3 is 20.5 Å². The van der Waals surface area contributed by atoms with Gasteiger partial charge in [-0.3, -0.25) is 9.59 Å². The largest absolute Gasteiger partial charge is 0.481 e. The molecule has 0 spiro atoms. The molecule has 0 aliphatic rings. The Bertz CT molecular complexity index is 234. The van der Waals surface area contributed by atoms with Gasteiger partial charge in [-0.1, -0.05) is 12.8 Å². The van der Waals surface area contributed by atoms with E-state index in [4.69, 9.17) is 9.84 Å². The Morgan fingerprint density at radius 1 is 1.11 bits per heavy atom. The smallest absolute Gasteiger partial charge is 0.303 e. The molecule has 0 aromatic rings. The van der Waals surface area contributed by atoms with E-state index < -0.39 is 5.97 Å². The number of nitrogens with one attached hydrogen (secondary N) is 2. The summed E-state index contributed by atoms with van der Waals surface area (Å²) in [7, 11) is 1.62. The van der Waals surface area contributed by atoms with Crippen molar-refractivity contribution in [3.8, 4) is 0 Å². The first kappa shape index (κ1) is 16.9. The summed E-state index contributed by atoms with van der Waals surface area (Å²) in [6.45, 7) is 2.22. The second-order valence-corrected chi connectivity index (χ2v) is 4.08. The number of carboxylic acid groups (broad SMARTS) is 1. The summed E-state index contributed by atoms with van der Waals surface area (Å²) in [6, 6.07) is 0. The van der Waals surface area contributed by atoms with Crippen molar-refractivity contribution in [2.24, 2.45) is 0 Å². The highest BCUT2D eigenvalue weighted by Gasteiger charge is 2.00. The number of hydrogen-bond donors (Lipinski definition) is 3. The number of rotatable bonds is 12. The number of methoxy groups -OCH3 is 1. The van der Waals surface area contributed by atoms with Crippen molar-refractivity contribution in [1.29, 1.82) is 0 Å². The summed E-state index contributed by atoms with van der Waals surface area (Å²) in [5, 5.41) is 14.2. The molecule has 0 heterocycles. The first-order valence-corrected chi connectivity index (χ1v) is 6.35. The number of unbranched alkanes of at least 4 members (excludes halogenated alkanes) is 3. The Morgan fingerprint density at radius 2 is 1.83 bits per heavy atom. The molecule has 0 saturated carbocycles. The zero-order valence-electron chi connectivity index (χ0n) is 11.0. The highest BCUT2D eigenvalue weighted by atomic mass is 16.5. The van der Waals surface area contributed by atoms with Crippen LogP contribution in [0.15, 0.2) is 0 Å². The molecule has 3 N–H and O–H groups in total. The summed E-state index contributed by atoms with van der Waals surface area (Å²) in [4.78, 5) is 21.5. The maximum absolute atomic E-state index is 11.3. The van der Waals surface area contributed by atoms with Gasteiger partial charge in [-0.25, -0.2) is 0 Å². The SMILES string of the molecule is COCCNCC(=O)NCCCCCCC(=O)O. The summed E-state index contributed by atoms with van der Waals surface area (Å²) in [5.74, 6) is -0.762. The van der Waals surface area contributed by atoms with Crippen molar-refractivity contribution < 1.29 is 19.4 Å². The number of aliphatic carboxylic acids is 1. The predicted molar refractivity (Wildman–Crippen MR) is 68.5 cm³/mol. The van der Waals surface area contributed by atoms with Crippen molar-refractivity contribution in [1.82, 2.24) is 10.6 Å². The maximum atomic E-state index is 11.3. The fraction of sp³-hybridized carbons (Fsp3) is 0.833. The Kier molecular flexibility index (Phi) is 11.5. The van der Waals surface area contributed by atoms with E-state index in [-0.39, 0.29) is 12.3 Å². The molecule has 0 aliphatic heterocycles. The molecule has 0 rings (SSSR count). The third-order valence-electron chi connectivity index (χ3n) is 2.41. The van der Waals surface area contributed by atoms with Crippen molar-refractivity contribution in [2.45, 2.75) is 32.1 Å². The Balaban J connectivity index is 3.17. The lowest BCUT2D eigenvalue weighted by Crippen LogP contribution is -2.35. The van der Waals surface area contributed by atoms with Crippen molar-refractivity contribution >= 4 is 11.9 Å². The lowest BCUT2D eigenvalue weighted by Gasteiger charge is -2.06. The van der Waals surface area contributed by atoms with Crippen LogP contribution in [-0.4, -0.2) is 50.3 Å². The summed E-state index contributed by atoms with van der Waals surface area (Å²) in [5.41, 5.74) is 0. The Hall–Kier alpha value is -1.14. The van der Waals surface area contributed by atoms with Gasteiger partial charge in [-0.15, -0.1) is 0 Å². The number of amides is 1. The van der Waals surface area contributed by atoms with E-state index in [1.165, 1.54) is 0 Å². The molecule has 0 bridgehead atoms. The van der Waals surface area contributed by atoms with E-state index in [2.05, 4.69) is 10.6 Å². The quantitative estimate of drug-likeness (QED) is 0.441. The number of carboxylic acids is 1. The molecule has 0 aliphatic carbocycles. The maximum Gasteiger partial charge on any atom is 0.303 e. The molecule has 6 nitrogen and oxygen atoms in total. The van der Waals surface area contributed by atoms with Crippen LogP contribution in [-0.2, 0) is 14.3 Å². The monoisotopic (exact) mass is 260 g/mol. The molecule has 1 amide bonds. The van der Waals surface area contributed by atoms with Gasteiger partial charge in [-0.05, 0) is 12.8 Å². The average Bonchev–Trinajstić information content (AvgIpc) is 2.33. The van der Waals surface area contributed by atoms with Crippen molar-refractivity contribution in [3.63, 3.8) is 0 Å². The van der Waals surface area contributed by atoms with Crippen LogP contribution in [0.25, 0.3) is 0 Å². The van der Waals surface area contributed by atoms with Gasteiger partial charge >= 0.3 is 5.97 Å². The minimum Gasteiger partial charge on any atom is -0.481 e. The molecule has 106 valence electrons. The molecule has 0 aromatic heterocycles. The van der Waals surface area contributed by atoms with Gasteiger partial charge in [0.2, 0.25) is 5.91 Å². The normalized spacial score (nSPS) is 10.3. The molecular weight excluding hydrogens is 236 g/mol. The highest BCUT2D eigenvalue weighted by molar-refractivity contribution is 5.77. The van der Waals surface area contributed by atoms with Gasteiger partial charge in [0, 0.05) is 26.6 Å². The van der Waals surface area contributed by atoms with E-state index in [1.807, 2.05) is 0 Å². The first-order valence-electron chi connectivity index (χ1n) is 6.35. The lowest BCUT2D eigenvalue weighted by molar-refractivity contribution is -0.137. The molecule has 0 fully saturated rings. The van der Waals surface area contributed by atoms with E-state index in [1.54, 1.807) is 7.11 Å². The Morgan fingerprint density at radius 3 is 2.50 bits per heavy atom. The van der Waals surface area contributed by atoms with Crippen LogP contribution in [0.5, 0.6) is 0 Å². The molecule has 6 heteroatoms. The van der Waals surface area contributed by atoms with Crippen LogP contribution >= 0.6 is 0 Å². The van der Waals surface area contributed by atoms with E-state index in [0.717, 1.165) is 19.3 Å². The number of carbonyl (C=O) groups is 2. The fourth-order valence-electron chi connectivity index (χ4n) is 1.42. The summed E-state index contributed by atoms with van der Waals surface area (Å²) in [6.07, 6.45) is 3.68. The molecule has 18 heavy (non-hydrogen) atoms. The van der Waals surface area contributed by atoms with Crippen LogP contribution in [0.1, 0.15) is 32.1 Å². The second-order valence-electron chi connectivity index (χ2n) is 4.08. The van der Waals surface area contributed by atoms with Gasteiger partial charge in [0.25, 0.3) is 0 Å². The zero-order chi connectivity index (χ0) is 13.6. The first-order chi connectivity index (χ1) is 8.66. The number of hydrogen-bond acceptors (Lipinski definition) is 4. The molecule has 0 aromatic carbocycles. The summed E-state index contributed by atoms with van der Waals surface area (Å²) < 4.78 is 4.84. The van der Waals surface area contributed by atoms with Crippen molar-refractivity contribution in [3.05, 3.63) is 0 Å².